The van der Waals surface area contributed by atoms with Gasteiger partial charge in [-0.1, -0.05) is 52.8 Å². The lowest BCUT2D eigenvalue weighted by molar-refractivity contribution is 0.391. The largest absolute Gasteiger partial charge is 0.338 e. The number of rotatable bonds is 4. The van der Waals surface area contributed by atoms with Crippen LogP contribution in [0.25, 0.3) is 22.2 Å². The van der Waals surface area contributed by atoms with Crippen LogP contribution in [-0.2, 0) is 5.75 Å². The molecule has 7 heteroatoms. The summed E-state index contributed by atoms with van der Waals surface area (Å²) in [6.07, 6.45) is 1.75. The second kappa shape index (κ2) is 6.59. The highest BCUT2D eigenvalue weighted by molar-refractivity contribution is 7.98. The second-order valence-corrected chi connectivity index (χ2v) is 6.44. The molecule has 0 saturated carbocycles. The van der Waals surface area contributed by atoms with E-state index in [0.29, 0.717) is 22.5 Å². The lowest BCUT2D eigenvalue weighted by Gasteiger charge is -2.01. The van der Waals surface area contributed by atoms with Gasteiger partial charge in [0, 0.05) is 21.4 Å². The molecule has 0 aliphatic heterocycles. The van der Waals surface area contributed by atoms with Crippen molar-refractivity contribution < 1.29 is 4.52 Å². The number of thioether (sulfide) groups is 1. The molecule has 0 amide bonds. The number of halogens is 1. The van der Waals surface area contributed by atoms with Crippen LogP contribution in [0, 0.1) is 0 Å². The average Bonchev–Trinajstić information content (AvgIpc) is 3.09. The Bertz CT molecular complexity index is 982. The highest BCUT2D eigenvalue weighted by atomic mass is 35.5. The minimum atomic E-state index is 0.531. The van der Waals surface area contributed by atoms with Crippen LogP contribution >= 0.6 is 23.4 Å². The summed E-state index contributed by atoms with van der Waals surface area (Å²) in [7, 11) is 0. The third kappa shape index (κ3) is 3.11. The van der Waals surface area contributed by atoms with Crippen LogP contribution in [0.15, 0.2) is 64.3 Å². The van der Waals surface area contributed by atoms with Crippen LogP contribution in [0.5, 0.6) is 0 Å². The summed E-state index contributed by atoms with van der Waals surface area (Å²) in [6, 6.07) is 15.3. The molecule has 5 nitrogen and oxygen atoms in total. The zero-order chi connectivity index (χ0) is 16.4. The molecule has 4 rings (SSSR count). The van der Waals surface area contributed by atoms with E-state index in [9.17, 15) is 0 Å². The van der Waals surface area contributed by atoms with Gasteiger partial charge in [0.05, 0.1) is 11.9 Å². The van der Waals surface area contributed by atoms with Gasteiger partial charge >= 0.3 is 0 Å². The molecule has 0 N–H and O–H groups in total. The first-order valence-electron chi connectivity index (χ1n) is 7.21. The van der Waals surface area contributed by atoms with Gasteiger partial charge in [-0.05, 0) is 24.3 Å². The highest BCUT2D eigenvalue weighted by Gasteiger charge is 2.11. The van der Waals surface area contributed by atoms with Gasteiger partial charge in [0.1, 0.15) is 5.03 Å². The summed E-state index contributed by atoms with van der Waals surface area (Å²) in [4.78, 5) is 4.42. The molecular weight excluding hydrogens is 344 g/mol. The van der Waals surface area contributed by atoms with Crippen LogP contribution in [0.1, 0.15) is 5.89 Å². The monoisotopic (exact) mass is 354 g/mol. The first-order valence-corrected chi connectivity index (χ1v) is 8.58. The highest BCUT2D eigenvalue weighted by Crippen LogP contribution is 2.27. The third-order valence-corrected chi connectivity index (χ3v) is 4.66. The Hall–Kier alpha value is -2.44. The minimum Gasteiger partial charge on any atom is -0.338 e. The smallest absolute Gasteiger partial charge is 0.237 e. The van der Waals surface area contributed by atoms with E-state index >= 15 is 0 Å². The minimum absolute atomic E-state index is 0.531. The van der Waals surface area contributed by atoms with Crippen molar-refractivity contribution >= 4 is 34.1 Å². The van der Waals surface area contributed by atoms with Gasteiger partial charge in [-0.25, -0.2) is 0 Å². The van der Waals surface area contributed by atoms with Crippen molar-refractivity contribution in [3.05, 3.63) is 65.6 Å². The Kier molecular flexibility index (Phi) is 4.15. The summed E-state index contributed by atoms with van der Waals surface area (Å²) in [5.41, 5.74) is 0.865. The van der Waals surface area contributed by atoms with E-state index in [1.807, 2.05) is 36.4 Å². The van der Waals surface area contributed by atoms with Crippen LogP contribution < -0.4 is 0 Å². The van der Waals surface area contributed by atoms with E-state index in [-0.39, 0.29) is 0 Å². The van der Waals surface area contributed by atoms with E-state index in [1.165, 1.54) is 11.8 Å². The summed E-state index contributed by atoms with van der Waals surface area (Å²) >= 11 is 7.41. The van der Waals surface area contributed by atoms with E-state index in [0.717, 1.165) is 21.4 Å². The van der Waals surface area contributed by atoms with Gasteiger partial charge in [-0.3, -0.25) is 0 Å². The van der Waals surface area contributed by atoms with Crippen molar-refractivity contribution in [2.75, 3.05) is 0 Å². The molecule has 2 heterocycles. The van der Waals surface area contributed by atoms with Crippen molar-refractivity contribution in [2.45, 2.75) is 10.8 Å². The normalized spacial score (nSPS) is 11.0. The van der Waals surface area contributed by atoms with Crippen molar-refractivity contribution in [2.24, 2.45) is 0 Å². The molecule has 0 atom stereocenters. The van der Waals surface area contributed by atoms with Gasteiger partial charge in [-0.2, -0.15) is 10.1 Å². The van der Waals surface area contributed by atoms with E-state index < -0.39 is 0 Å². The van der Waals surface area contributed by atoms with Crippen LogP contribution in [0.4, 0.5) is 0 Å². The second-order valence-electron chi connectivity index (χ2n) is 5.04. The number of hydrogen-bond donors (Lipinski definition) is 0. The van der Waals surface area contributed by atoms with E-state index in [2.05, 4.69) is 20.3 Å². The maximum atomic E-state index is 5.89. The summed E-state index contributed by atoms with van der Waals surface area (Å²) in [5.74, 6) is 1.62. The van der Waals surface area contributed by atoms with Crippen LogP contribution in [-0.4, -0.2) is 20.3 Å². The molecule has 0 unspecified atom stereocenters. The molecule has 0 aliphatic rings. The predicted molar refractivity (Wildman–Crippen MR) is 93.8 cm³/mol. The van der Waals surface area contributed by atoms with E-state index in [1.54, 1.807) is 18.3 Å². The van der Waals surface area contributed by atoms with Gasteiger partial charge in [0.2, 0.25) is 11.7 Å². The fourth-order valence-corrected chi connectivity index (χ4v) is 3.22. The molecule has 2 aromatic heterocycles. The quantitative estimate of drug-likeness (QED) is 0.498. The molecule has 0 fully saturated rings. The van der Waals surface area contributed by atoms with Crippen LogP contribution in [0.2, 0.25) is 5.02 Å². The van der Waals surface area contributed by atoms with Gasteiger partial charge < -0.3 is 4.52 Å². The van der Waals surface area contributed by atoms with Gasteiger partial charge in [-0.15, -0.1) is 5.10 Å². The number of hydrogen-bond acceptors (Lipinski definition) is 6. The zero-order valence-corrected chi connectivity index (χ0v) is 14.0. The predicted octanol–water partition coefficient (Wildman–Crippen LogP) is 4.63. The fourth-order valence-electron chi connectivity index (χ4n) is 2.27. The third-order valence-electron chi connectivity index (χ3n) is 3.44. The number of aromatic nitrogens is 4. The first-order chi connectivity index (χ1) is 11.8. The van der Waals surface area contributed by atoms with Gasteiger partial charge in [0.25, 0.3) is 0 Å². The molecule has 0 spiro atoms. The Balaban J connectivity index is 1.53. The Labute approximate surface area is 147 Å². The first kappa shape index (κ1) is 15.1. The topological polar surface area (TPSA) is 64.7 Å². The molecule has 0 bridgehead atoms. The Morgan fingerprint density at radius 1 is 1.04 bits per heavy atom. The molecule has 24 heavy (non-hydrogen) atoms. The maximum Gasteiger partial charge on any atom is 0.237 e. The van der Waals surface area contributed by atoms with E-state index in [4.69, 9.17) is 16.1 Å². The Morgan fingerprint density at radius 3 is 2.75 bits per heavy atom. The standard InChI is InChI=1S/C17H11ClN4OS/c18-13-7-5-11(6-8-13)16-20-15(23-22-16)10-24-17-14-4-2-1-3-12(14)9-19-21-17/h1-9H,10H2. The van der Waals surface area contributed by atoms with Crippen molar-refractivity contribution in [1.29, 1.82) is 0 Å². The number of nitrogens with zero attached hydrogens (tertiary/aromatic N) is 4. The molecular formula is C17H11ClN4OS. The van der Waals surface area contributed by atoms with Crippen LogP contribution in [0.3, 0.4) is 0 Å². The lowest BCUT2D eigenvalue weighted by atomic mass is 10.2. The van der Waals surface area contributed by atoms with Gasteiger partial charge in [0.15, 0.2) is 0 Å². The molecule has 2 aromatic carbocycles. The van der Waals surface area contributed by atoms with Crippen molar-refractivity contribution in [3.63, 3.8) is 0 Å². The average molecular weight is 355 g/mol. The Morgan fingerprint density at radius 2 is 1.88 bits per heavy atom. The zero-order valence-electron chi connectivity index (χ0n) is 12.4. The number of benzene rings is 2. The summed E-state index contributed by atoms with van der Waals surface area (Å²) in [5, 5.41) is 15.9. The molecule has 0 radical (unpaired) electrons. The summed E-state index contributed by atoms with van der Waals surface area (Å²) in [6.45, 7) is 0. The summed E-state index contributed by atoms with van der Waals surface area (Å²) < 4.78 is 5.32. The molecule has 4 aromatic rings. The van der Waals surface area contributed by atoms with Crippen molar-refractivity contribution in [3.8, 4) is 11.4 Å². The molecule has 118 valence electrons. The van der Waals surface area contributed by atoms with Crippen molar-refractivity contribution in [1.82, 2.24) is 20.3 Å². The number of fused-ring (bicyclic) bond motifs is 1. The lowest BCUT2D eigenvalue weighted by Crippen LogP contribution is -1.89. The SMILES string of the molecule is Clc1ccc(-c2noc(CSc3nncc4ccccc34)n2)cc1. The molecule has 0 saturated heterocycles. The molecule has 0 aliphatic carbocycles. The fraction of sp³-hybridized carbons (Fsp3) is 0.0588. The maximum absolute atomic E-state index is 5.89.